The molecule has 42 heavy (non-hydrogen) atoms. The summed E-state index contributed by atoms with van der Waals surface area (Å²) in [4.78, 5) is 25.8. The van der Waals surface area contributed by atoms with Gasteiger partial charge < -0.3 is 14.6 Å². The number of hydrogen-bond acceptors (Lipinski definition) is 6. The average Bonchev–Trinajstić information content (AvgIpc) is 3.02. The van der Waals surface area contributed by atoms with Gasteiger partial charge in [0.25, 0.3) is 0 Å². The summed E-state index contributed by atoms with van der Waals surface area (Å²) in [6, 6.07) is 34.7. The van der Waals surface area contributed by atoms with E-state index in [1.165, 1.54) is 25.3 Å². The van der Waals surface area contributed by atoms with Crippen LogP contribution in [0, 0.1) is 0 Å². The van der Waals surface area contributed by atoms with E-state index < -0.39 is 17.8 Å². The van der Waals surface area contributed by atoms with Gasteiger partial charge in [0.15, 0.2) is 0 Å². The van der Waals surface area contributed by atoms with E-state index in [0.29, 0.717) is 42.0 Å². The van der Waals surface area contributed by atoms with E-state index in [1.54, 1.807) is 48.5 Å². The van der Waals surface area contributed by atoms with Crippen LogP contribution >= 0.6 is 0 Å². The quantitative estimate of drug-likeness (QED) is 0.185. The second-order valence-electron chi connectivity index (χ2n) is 10.2. The van der Waals surface area contributed by atoms with Gasteiger partial charge in [-0.05, 0) is 59.9 Å². The van der Waals surface area contributed by atoms with Crippen molar-refractivity contribution in [2.45, 2.75) is 38.1 Å². The highest BCUT2D eigenvalue weighted by atomic mass is 16.5. The fraction of sp³-hybridized carbons (Fsp3) is 0.235. The molecule has 0 aliphatic heterocycles. The lowest BCUT2D eigenvalue weighted by Gasteiger charge is -2.37. The normalized spacial score (nSPS) is 11.9. The number of anilines is 2. The Morgan fingerprint density at radius 3 is 1.43 bits per heavy atom. The Hall–Kier alpha value is -4.66. The Balaban J connectivity index is 1.68. The fourth-order valence-electron chi connectivity index (χ4n) is 4.96. The van der Waals surface area contributed by atoms with Gasteiger partial charge in [0.1, 0.15) is 5.60 Å². The number of ether oxygens (including phenoxy) is 2. The van der Waals surface area contributed by atoms with Crippen molar-refractivity contribution in [3.63, 3.8) is 0 Å². The summed E-state index contributed by atoms with van der Waals surface area (Å²) in [5.74, 6) is 0. The molecule has 1 unspecified atom stereocenters. The third kappa shape index (κ3) is 7.96. The fourth-order valence-corrected chi connectivity index (χ4v) is 4.96. The van der Waals surface area contributed by atoms with Crippen molar-refractivity contribution in [2.75, 3.05) is 24.9 Å². The Morgan fingerprint density at radius 2 is 1.07 bits per heavy atom. The monoisotopic (exact) mass is 567 g/mol. The molecule has 0 fully saturated rings. The number of nitrogens with zero attached hydrogens (tertiary/aromatic N) is 1. The van der Waals surface area contributed by atoms with E-state index in [2.05, 4.69) is 46.7 Å². The molecule has 0 spiro atoms. The van der Waals surface area contributed by atoms with Gasteiger partial charge in [-0.15, -0.1) is 0 Å². The van der Waals surface area contributed by atoms with E-state index in [-0.39, 0.29) is 6.04 Å². The average molecular weight is 568 g/mol. The molecule has 8 nitrogen and oxygen atoms in total. The van der Waals surface area contributed by atoms with Gasteiger partial charge in [0.2, 0.25) is 0 Å². The second-order valence-corrected chi connectivity index (χ2v) is 10.2. The second kappa shape index (κ2) is 14.3. The van der Waals surface area contributed by atoms with E-state index in [0.717, 1.165) is 0 Å². The van der Waals surface area contributed by atoms with E-state index in [1.807, 2.05) is 36.4 Å². The van der Waals surface area contributed by atoms with Crippen LogP contribution in [0.3, 0.4) is 0 Å². The first-order chi connectivity index (χ1) is 20.3. The van der Waals surface area contributed by atoms with Crippen molar-refractivity contribution in [3.8, 4) is 0 Å². The maximum atomic E-state index is 12.5. The molecule has 1 atom stereocenters. The van der Waals surface area contributed by atoms with Gasteiger partial charge >= 0.3 is 12.2 Å². The van der Waals surface area contributed by atoms with Crippen LogP contribution in [0.1, 0.15) is 35.6 Å². The number of aliphatic hydroxyl groups is 1. The molecular weight excluding hydrogens is 530 g/mol. The van der Waals surface area contributed by atoms with E-state index in [9.17, 15) is 14.7 Å². The third-order valence-electron chi connectivity index (χ3n) is 7.26. The van der Waals surface area contributed by atoms with Crippen molar-refractivity contribution in [2.24, 2.45) is 0 Å². The zero-order valence-corrected chi connectivity index (χ0v) is 24.1. The highest BCUT2D eigenvalue weighted by molar-refractivity contribution is 5.85. The maximum Gasteiger partial charge on any atom is 0.411 e. The lowest BCUT2D eigenvalue weighted by molar-refractivity contribution is 0.0325. The standard InChI is InChI=1S/C34H37N3O5/c1-25(37(23-26-10-6-4-7-11-26)24-27-12-8-5-9-13-27)22-34(40,28-14-18-30(19-15-28)35-32(38)41-2)29-16-20-31(21-17-29)36-33(39)42-3/h4-21,25,40H,22-24H2,1-3H3,(H,35,38)(H,36,39). The molecule has 3 N–H and O–H groups in total. The first-order valence-corrected chi connectivity index (χ1v) is 13.8. The number of amides is 2. The SMILES string of the molecule is COC(=O)Nc1ccc(C(O)(CC(C)N(Cc2ccccc2)Cc2ccccc2)c2ccc(NC(=O)OC)cc2)cc1. The summed E-state index contributed by atoms with van der Waals surface area (Å²) in [6.45, 7) is 3.53. The molecule has 0 heterocycles. The van der Waals surface area contributed by atoms with E-state index in [4.69, 9.17) is 9.47 Å². The molecule has 0 radical (unpaired) electrons. The number of methoxy groups -OCH3 is 2. The summed E-state index contributed by atoms with van der Waals surface area (Å²) in [7, 11) is 2.61. The van der Waals surface area contributed by atoms with Crippen LogP contribution in [0.5, 0.6) is 0 Å². The predicted molar refractivity (Wildman–Crippen MR) is 164 cm³/mol. The van der Waals surface area contributed by atoms with Crippen LogP contribution < -0.4 is 10.6 Å². The molecule has 4 aromatic rings. The summed E-state index contributed by atoms with van der Waals surface area (Å²) >= 11 is 0. The largest absolute Gasteiger partial charge is 0.453 e. The molecule has 4 aromatic carbocycles. The molecule has 0 saturated carbocycles. The van der Waals surface area contributed by atoms with Crippen LogP contribution in [0.15, 0.2) is 109 Å². The van der Waals surface area contributed by atoms with Gasteiger partial charge in [-0.3, -0.25) is 15.5 Å². The van der Waals surface area contributed by atoms with Crippen LogP contribution in [-0.4, -0.2) is 42.5 Å². The zero-order valence-electron chi connectivity index (χ0n) is 24.1. The van der Waals surface area contributed by atoms with Crippen molar-refractivity contribution < 1.29 is 24.2 Å². The van der Waals surface area contributed by atoms with Crippen LogP contribution in [-0.2, 0) is 28.2 Å². The van der Waals surface area contributed by atoms with E-state index >= 15 is 0 Å². The lowest BCUT2D eigenvalue weighted by Crippen LogP contribution is -2.40. The topological polar surface area (TPSA) is 100 Å². The van der Waals surface area contributed by atoms with Crippen molar-refractivity contribution in [1.29, 1.82) is 0 Å². The Bertz CT molecular complexity index is 1330. The summed E-state index contributed by atoms with van der Waals surface area (Å²) in [5.41, 5.74) is 3.40. The van der Waals surface area contributed by atoms with Crippen molar-refractivity contribution >= 4 is 23.6 Å². The smallest absolute Gasteiger partial charge is 0.411 e. The molecule has 4 rings (SSSR count). The van der Waals surface area contributed by atoms with Crippen LogP contribution in [0.25, 0.3) is 0 Å². The first kappa shape index (κ1) is 30.3. The maximum absolute atomic E-state index is 12.5. The number of rotatable bonds is 11. The predicted octanol–water partition coefficient (Wildman–Crippen LogP) is 6.76. The lowest BCUT2D eigenvalue weighted by atomic mass is 9.81. The molecule has 0 aromatic heterocycles. The first-order valence-electron chi connectivity index (χ1n) is 13.8. The third-order valence-corrected chi connectivity index (χ3v) is 7.26. The van der Waals surface area contributed by atoms with Gasteiger partial charge in [-0.1, -0.05) is 84.9 Å². The molecular formula is C34H37N3O5. The highest BCUT2D eigenvalue weighted by Gasteiger charge is 2.35. The summed E-state index contributed by atoms with van der Waals surface area (Å²) < 4.78 is 9.40. The number of nitrogens with one attached hydrogen (secondary N) is 2. The molecule has 8 heteroatoms. The number of benzene rings is 4. The Kier molecular flexibility index (Phi) is 10.3. The summed E-state index contributed by atoms with van der Waals surface area (Å²) in [5, 5.41) is 17.8. The van der Waals surface area contributed by atoms with Gasteiger partial charge in [0, 0.05) is 30.5 Å². The minimum Gasteiger partial charge on any atom is -0.453 e. The van der Waals surface area contributed by atoms with Gasteiger partial charge in [0.05, 0.1) is 14.2 Å². The minimum atomic E-state index is -1.39. The molecule has 0 aliphatic rings. The number of carbonyl (C=O) groups excluding carboxylic acids is 2. The van der Waals surface area contributed by atoms with Crippen LogP contribution in [0.2, 0.25) is 0 Å². The van der Waals surface area contributed by atoms with Crippen LogP contribution in [0.4, 0.5) is 21.0 Å². The molecule has 2 amide bonds. The van der Waals surface area contributed by atoms with Gasteiger partial charge in [-0.25, -0.2) is 9.59 Å². The molecule has 0 saturated heterocycles. The highest BCUT2D eigenvalue weighted by Crippen LogP contribution is 2.37. The number of hydrogen-bond donors (Lipinski definition) is 3. The Morgan fingerprint density at radius 1 is 0.690 bits per heavy atom. The molecule has 0 aliphatic carbocycles. The van der Waals surface area contributed by atoms with Crippen molar-refractivity contribution in [3.05, 3.63) is 131 Å². The van der Waals surface area contributed by atoms with Crippen molar-refractivity contribution in [1.82, 2.24) is 4.90 Å². The number of carbonyl (C=O) groups is 2. The minimum absolute atomic E-state index is 0.0591. The van der Waals surface area contributed by atoms with Gasteiger partial charge in [-0.2, -0.15) is 0 Å². The zero-order chi connectivity index (χ0) is 30.0. The molecule has 218 valence electrons. The summed E-state index contributed by atoms with van der Waals surface area (Å²) in [6.07, 6.45) is -0.768. The molecule has 0 bridgehead atoms. The Labute approximate surface area is 246 Å².